The summed E-state index contributed by atoms with van der Waals surface area (Å²) in [5, 5.41) is 12.2. The lowest BCUT2D eigenvalue weighted by molar-refractivity contribution is -0.142. The van der Waals surface area contributed by atoms with Gasteiger partial charge in [-0.05, 0) is 0 Å². The van der Waals surface area contributed by atoms with Gasteiger partial charge in [0, 0.05) is 18.8 Å². The van der Waals surface area contributed by atoms with Crippen LogP contribution in [0.2, 0.25) is 0 Å². The van der Waals surface area contributed by atoms with Crippen LogP contribution in [-0.4, -0.2) is 53.1 Å². The second kappa shape index (κ2) is 4.88. The van der Waals surface area contributed by atoms with E-state index in [1.54, 1.807) is 0 Å². The average Bonchev–Trinajstić information content (AvgIpc) is 2.74. The number of ketones is 1. The molecule has 0 aromatic rings. The number of hydrogen-bond acceptors (Lipinski definition) is 5. The standard InChI is InChI=1S/C10H10N4O5/c15-7-3-6(12-4-5(7)9(17)18)8(16)13-14-2-1-11-10(14)19/h3-5H,1-2H2,(H,11,19)(H,13,16)(H,17,18). The van der Waals surface area contributed by atoms with E-state index in [1.165, 1.54) is 0 Å². The van der Waals surface area contributed by atoms with E-state index in [-0.39, 0.29) is 5.70 Å². The first kappa shape index (κ1) is 12.7. The molecule has 19 heavy (non-hydrogen) atoms. The van der Waals surface area contributed by atoms with Crippen molar-refractivity contribution in [2.75, 3.05) is 13.1 Å². The van der Waals surface area contributed by atoms with Crippen LogP contribution >= 0.6 is 0 Å². The van der Waals surface area contributed by atoms with Crippen molar-refractivity contribution in [3.63, 3.8) is 0 Å². The van der Waals surface area contributed by atoms with Crippen molar-refractivity contribution in [2.24, 2.45) is 10.9 Å². The van der Waals surface area contributed by atoms with Crippen LogP contribution in [0.15, 0.2) is 16.8 Å². The molecule has 0 bridgehead atoms. The van der Waals surface area contributed by atoms with Crippen molar-refractivity contribution in [3.8, 4) is 0 Å². The number of carbonyl (C=O) groups is 4. The lowest BCUT2D eigenvalue weighted by Gasteiger charge is -2.16. The van der Waals surface area contributed by atoms with Gasteiger partial charge in [-0.15, -0.1) is 0 Å². The Balaban J connectivity index is 2.03. The SMILES string of the molecule is O=C(NN1CCNC1=O)C1=CC(=O)C(C(=O)O)C=N1. The van der Waals surface area contributed by atoms with Crippen molar-refractivity contribution in [2.45, 2.75) is 0 Å². The van der Waals surface area contributed by atoms with E-state index in [1.807, 2.05) is 0 Å². The molecule has 1 saturated heterocycles. The monoisotopic (exact) mass is 266 g/mol. The molecule has 1 unspecified atom stereocenters. The number of nitrogens with zero attached hydrogens (tertiary/aromatic N) is 2. The smallest absolute Gasteiger partial charge is 0.336 e. The lowest BCUT2D eigenvalue weighted by Crippen LogP contribution is -2.45. The number of hydrazine groups is 1. The van der Waals surface area contributed by atoms with Gasteiger partial charge in [0.25, 0.3) is 5.91 Å². The van der Waals surface area contributed by atoms with Gasteiger partial charge in [0.05, 0.1) is 6.54 Å². The van der Waals surface area contributed by atoms with Crippen LogP contribution in [0.5, 0.6) is 0 Å². The minimum Gasteiger partial charge on any atom is -0.480 e. The highest BCUT2D eigenvalue weighted by Crippen LogP contribution is 2.10. The zero-order chi connectivity index (χ0) is 14.0. The molecule has 9 nitrogen and oxygen atoms in total. The van der Waals surface area contributed by atoms with Gasteiger partial charge >= 0.3 is 12.0 Å². The molecule has 1 fully saturated rings. The van der Waals surface area contributed by atoms with E-state index in [0.717, 1.165) is 17.3 Å². The number of carboxylic acids is 1. The van der Waals surface area contributed by atoms with Gasteiger partial charge in [0.15, 0.2) is 11.7 Å². The average molecular weight is 266 g/mol. The highest BCUT2D eigenvalue weighted by Gasteiger charge is 2.29. The van der Waals surface area contributed by atoms with Crippen molar-refractivity contribution < 1.29 is 24.3 Å². The third kappa shape index (κ3) is 2.59. The Morgan fingerprint density at radius 3 is 2.74 bits per heavy atom. The summed E-state index contributed by atoms with van der Waals surface area (Å²) >= 11 is 0. The van der Waals surface area contributed by atoms with Crippen molar-refractivity contribution >= 4 is 29.9 Å². The zero-order valence-electron chi connectivity index (χ0n) is 9.62. The topological polar surface area (TPSA) is 128 Å². The van der Waals surface area contributed by atoms with Gasteiger partial charge < -0.3 is 10.4 Å². The van der Waals surface area contributed by atoms with E-state index < -0.39 is 29.6 Å². The minimum absolute atomic E-state index is 0.234. The normalized spacial score (nSPS) is 22.0. The number of nitrogens with one attached hydrogen (secondary N) is 2. The van der Waals surface area contributed by atoms with Gasteiger partial charge in [-0.1, -0.05) is 0 Å². The van der Waals surface area contributed by atoms with E-state index >= 15 is 0 Å². The number of rotatable bonds is 3. The molecule has 2 rings (SSSR count). The molecular formula is C10H10N4O5. The molecule has 0 radical (unpaired) electrons. The Labute approximate surface area is 106 Å². The molecule has 0 spiro atoms. The molecule has 9 heteroatoms. The molecule has 0 aromatic heterocycles. The van der Waals surface area contributed by atoms with Crippen LogP contribution in [0, 0.1) is 5.92 Å². The number of aliphatic imine (C=N–C) groups is 1. The summed E-state index contributed by atoms with van der Waals surface area (Å²) in [6.07, 6.45) is 1.74. The number of allylic oxidation sites excluding steroid dienone is 1. The molecule has 3 N–H and O–H groups in total. The number of urea groups is 1. The van der Waals surface area contributed by atoms with Crippen LogP contribution in [-0.2, 0) is 14.4 Å². The summed E-state index contributed by atoms with van der Waals surface area (Å²) in [6.45, 7) is 0.703. The molecule has 2 heterocycles. The van der Waals surface area contributed by atoms with Gasteiger partial charge in [-0.25, -0.2) is 9.80 Å². The van der Waals surface area contributed by atoms with Crippen molar-refractivity contribution in [1.29, 1.82) is 0 Å². The summed E-state index contributed by atoms with van der Waals surface area (Å²) in [7, 11) is 0. The summed E-state index contributed by atoms with van der Waals surface area (Å²) < 4.78 is 0. The van der Waals surface area contributed by atoms with Gasteiger partial charge in [0.2, 0.25) is 0 Å². The highest BCUT2D eigenvalue weighted by atomic mass is 16.4. The fourth-order valence-corrected chi connectivity index (χ4v) is 1.56. The Hall–Kier alpha value is -2.71. The molecule has 100 valence electrons. The van der Waals surface area contributed by atoms with Crippen LogP contribution in [0.1, 0.15) is 0 Å². The molecule has 0 saturated carbocycles. The summed E-state index contributed by atoms with van der Waals surface area (Å²) in [4.78, 5) is 48.6. The zero-order valence-corrected chi connectivity index (χ0v) is 9.62. The van der Waals surface area contributed by atoms with E-state index in [0.29, 0.717) is 13.1 Å². The molecule has 1 atom stereocenters. The first-order valence-electron chi connectivity index (χ1n) is 5.38. The Morgan fingerprint density at radius 1 is 1.47 bits per heavy atom. The summed E-state index contributed by atoms with van der Waals surface area (Å²) in [5.74, 6) is -4.18. The second-order valence-corrected chi connectivity index (χ2v) is 3.85. The summed E-state index contributed by atoms with van der Waals surface area (Å²) in [6, 6.07) is -0.455. The quantitative estimate of drug-likeness (QED) is 0.523. The maximum atomic E-state index is 11.7. The molecule has 3 amide bonds. The molecular weight excluding hydrogens is 256 g/mol. The van der Waals surface area contributed by atoms with Gasteiger partial charge in [-0.3, -0.25) is 24.8 Å². The Morgan fingerprint density at radius 2 is 2.21 bits per heavy atom. The number of aliphatic carboxylic acids is 1. The van der Waals surface area contributed by atoms with E-state index in [4.69, 9.17) is 5.11 Å². The largest absolute Gasteiger partial charge is 0.480 e. The number of carbonyl (C=O) groups excluding carboxylic acids is 3. The predicted octanol–water partition coefficient (Wildman–Crippen LogP) is -1.72. The lowest BCUT2D eigenvalue weighted by atomic mass is 10.0. The third-order valence-corrected chi connectivity index (χ3v) is 2.54. The van der Waals surface area contributed by atoms with Crippen molar-refractivity contribution in [3.05, 3.63) is 11.8 Å². The van der Waals surface area contributed by atoms with Crippen LogP contribution in [0.4, 0.5) is 4.79 Å². The van der Waals surface area contributed by atoms with Gasteiger partial charge in [-0.2, -0.15) is 0 Å². The number of amides is 3. The fraction of sp³-hybridized carbons (Fsp3) is 0.300. The first-order valence-corrected chi connectivity index (χ1v) is 5.38. The molecule has 0 aromatic carbocycles. The number of carboxylic acid groups (broad SMARTS) is 1. The Kier molecular flexibility index (Phi) is 3.27. The molecule has 2 aliphatic rings. The first-order chi connectivity index (χ1) is 8.99. The predicted molar refractivity (Wildman–Crippen MR) is 61.0 cm³/mol. The van der Waals surface area contributed by atoms with Crippen molar-refractivity contribution in [1.82, 2.24) is 15.8 Å². The second-order valence-electron chi connectivity index (χ2n) is 3.85. The van der Waals surface area contributed by atoms with Crippen LogP contribution < -0.4 is 10.7 Å². The van der Waals surface area contributed by atoms with E-state index in [9.17, 15) is 19.2 Å². The minimum atomic E-state index is -1.37. The maximum Gasteiger partial charge on any atom is 0.336 e. The Bertz CT molecular complexity index is 524. The third-order valence-electron chi connectivity index (χ3n) is 2.54. The highest BCUT2D eigenvalue weighted by molar-refractivity contribution is 6.19. The van der Waals surface area contributed by atoms with Crippen LogP contribution in [0.25, 0.3) is 0 Å². The number of hydrogen-bond donors (Lipinski definition) is 3. The van der Waals surface area contributed by atoms with E-state index in [2.05, 4.69) is 15.7 Å². The summed E-state index contributed by atoms with van der Waals surface area (Å²) in [5.41, 5.74) is 2.03. The maximum absolute atomic E-state index is 11.7. The molecule has 2 aliphatic heterocycles. The fourth-order valence-electron chi connectivity index (χ4n) is 1.56. The van der Waals surface area contributed by atoms with Crippen LogP contribution in [0.3, 0.4) is 0 Å². The molecule has 0 aliphatic carbocycles. The van der Waals surface area contributed by atoms with Gasteiger partial charge in [0.1, 0.15) is 5.70 Å².